The lowest BCUT2D eigenvalue weighted by atomic mass is 10.2. The van der Waals surface area contributed by atoms with Crippen LogP contribution in [0.15, 0.2) is 24.9 Å². The van der Waals surface area contributed by atoms with Gasteiger partial charge in [-0.05, 0) is 12.5 Å². The summed E-state index contributed by atoms with van der Waals surface area (Å²) in [5.74, 6) is -0.553. The molecule has 0 radical (unpaired) electrons. The van der Waals surface area contributed by atoms with E-state index in [1.807, 2.05) is 0 Å². The maximum absolute atomic E-state index is 11.7. The maximum Gasteiger partial charge on any atom is 0.319 e. The molecule has 90 valence electrons. The van der Waals surface area contributed by atoms with Crippen molar-refractivity contribution < 1.29 is 9.72 Å². The van der Waals surface area contributed by atoms with Gasteiger partial charge < -0.3 is 5.32 Å². The minimum absolute atomic E-state index is 0.0981. The van der Waals surface area contributed by atoms with Crippen LogP contribution in [0.1, 0.15) is 16.8 Å². The Morgan fingerprint density at radius 3 is 3.00 bits per heavy atom. The smallest absolute Gasteiger partial charge is 0.319 e. The number of pyridine rings is 1. The van der Waals surface area contributed by atoms with Crippen LogP contribution in [0.3, 0.4) is 0 Å². The van der Waals surface area contributed by atoms with Gasteiger partial charge in [0.15, 0.2) is 0 Å². The Hall–Kier alpha value is -1.95. The molecular formula is C10H10ClN3O3. The highest BCUT2D eigenvalue weighted by Crippen LogP contribution is 2.25. The van der Waals surface area contributed by atoms with Crippen LogP contribution in [0.2, 0.25) is 5.15 Å². The molecule has 0 spiro atoms. The molecule has 1 aromatic heterocycles. The van der Waals surface area contributed by atoms with Gasteiger partial charge >= 0.3 is 5.69 Å². The van der Waals surface area contributed by atoms with E-state index in [9.17, 15) is 14.9 Å². The normalized spacial score (nSPS) is 9.71. The monoisotopic (exact) mass is 255 g/mol. The SMILES string of the molecule is C=CCCNC(=O)c1ccnc(Cl)c1[N+](=O)[O-]. The molecule has 0 unspecified atom stereocenters. The van der Waals surface area contributed by atoms with Gasteiger partial charge in [0.25, 0.3) is 5.91 Å². The van der Waals surface area contributed by atoms with Crippen LogP contribution >= 0.6 is 11.6 Å². The summed E-state index contributed by atoms with van der Waals surface area (Å²) in [5, 5.41) is 13.0. The van der Waals surface area contributed by atoms with Gasteiger partial charge in [-0.25, -0.2) is 4.98 Å². The van der Waals surface area contributed by atoms with E-state index in [4.69, 9.17) is 11.6 Å². The van der Waals surface area contributed by atoms with Gasteiger partial charge in [-0.1, -0.05) is 17.7 Å². The van der Waals surface area contributed by atoms with E-state index in [1.165, 1.54) is 12.3 Å². The third-order valence-corrected chi connectivity index (χ3v) is 2.22. The molecular weight excluding hydrogens is 246 g/mol. The second-order valence-corrected chi connectivity index (χ2v) is 3.45. The molecule has 0 bridgehead atoms. The fraction of sp³-hybridized carbons (Fsp3) is 0.200. The molecule has 1 rings (SSSR count). The Kier molecular flexibility index (Phi) is 4.59. The zero-order chi connectivity index (χ0) is 12.8. The highest BCUT2D eigenvalue weighted by atomic mass is 35.5. The fourth-order valence-electron chi connectivity index (χ4n) is 1.17. The van der Waals surface area contributed by atoms with Crippen LogP contribution in [0, 0.1) is 10.1 Å². The first-order valence-corrected chi connectivity index (χ1v) is 5.13. The quantitative estimate of drug-likeness (QED) is 0.286. The molecule has 0 aromatic carbocycles. The molecule has 0 fully saturated rings. The summed E-state index contributed by atoms with van der Waals surface area (Å²) in [5.41, 5.74) is -0.579. The second kappa shape index (κ2) is 5.95. The summed E-state index contributed by atoms with van der Waals surface area (Å²) in [7, 11) is 0. The van der Waals surface area contributed by atoms with Crippen LogP contribution in [0.5, 0.6) is 0 Å². The van der Waals surface area contributed by atoms with Crippen molar-refractivity contribution in [3.05, 3.63) is 45.7 Å². The first-order valence-electron chi connectivity index (χ1n) is 4.76. The molecule has 6 nitrogen and oxygen atoms in total. The topological polar surface area (TPSA) is 85.1 Å². The predicted octanol–water partition coefficient (Wildman–Crippen LogP) is 1.95. The molecule has 17 heavy (non-hydrogen) atoms. The van der Waals surface area contributed by atoms with Crippen molar-refractivity contribution in [3.8, 4) is 0 Å². The number of hydrogen-bond donors (Lipinski definition) is 1. The van der Waals surface area contributed by atoms with E-state index in [0.29, 0.717) is 13.0 Å². The number of nitro groups is 1. The summed E-state index contributed by atoms with van der Waals surface area (Å²) >= 11 is 5.58. The van der Waals surface area contributed by atoms with Crippen molar-refractivity contribution in [1.82, 2.24) is 10.3 Å². The van der Waals surface area contributed by atoms with Gasteiger partial charge in [-0.15, -0.1) is 6.58 Å². The number of rotatable bonds is 5. The molecule has 0 atom stereocenters. The van der Waals surface area contributed by atoms with Crippen LogP contribution in [-0.2, 0) is 0 Å². The Bertz CT molecular complexity index is 462. The summed E-state index contributed by atoms with van der Waals surface area (Å²) < 4.78 is 0. The van der Waals surface area contributed by atoms with Crippen LogP contribution in [0.25, 0.3) is 0 Å². The van der Waals surface area contributed by atoms with Crippen molar-refractivity contribution in [1.29, 1.82) is 0 Å². The van der Waals surface area contributed by atoms with E-state index >= 15 is 0 Å². The van der Waals surface area contributed by atoms with Gasteiger partial charge in [-0.3, -0.25) is 14.9 Å². The van der Waals surface area contributed by atoms with Gasteiger partial charge in [0.2, 0.25) is 5.15 Å². The predicted molar refractivity (Wildman–Crippen MR) is 63.0 cm³/mol. The standard InChI is InChI=1S/C10H10ClN3O3/c1-2-3-5-13-10(15)7-4-6-12-9(11)8(7)14(16)17/h2,4,6H,1,3,5H2,(H,13,15). The molecule has 0 saturated heterocycles. The number of amides is 1. The van der Waals surface area contributed by atoms with E-state index in [0.717, 1.165) is 0 Å². The van der Waals surface area contributed by atoms with E-state index < -0.39 is 16.5 Å². The van der Waals surface area contributed by atoms with Crippen LogP contribution in [-0.4, -0.2) is 22.4 Å². The first-order chi connectivity index (χ1) is 8.07. The third kappa shape index (κ3) is 3.25. The van der Waals surface area contributed by atoms with E-state index in [1.54, 1.807) is 6.08 Å². The van der Waals surface area contributed by atoms with Gasteiger partial charge in [0.1, 0.15) is 5.56 Å². The molecule has 0 aliphatic heterocycles. The van der Waals surface area contributed by atoms with E-state index in [-0.39, 0.29) is 10.7 Å². The number of halogens is 1. The van der Waals surface area contributed by atoms with Crippen LogP contribution in [0.4, 0.5) is 5.69 Å². The molecule has 0 saturated carbocycles. The minimum Gasteiger partial charge on any atom is -0.352 e. The number of hydrogen-bond acceptors (Lipinski definition) is 4. The molecule has 1 aromatic rings. The molecule has 1 amide bonds. The Morgan fingerprint density at radius 1 is 1.71 bits per heavy atom. The summed E-state index contributed by atoms with van der Waals surface area (Å²) in [6, 6.07) is 1.26. The number of nitrogens with one attached hydrogen (secondary N) is 1. The average Bonchev–Trinajstić information content (AvgIpc) is 2.28. The zero-order valence-electron chi connectivity index (χ0n) is 8.85. The van der Waals surface area contributed by atoms with Crippen molar-refractivity contribution in [2.75, 3.05) is 6.54 Å². The first kappa shape index (κ1) is 13.1. The highest BCUT2D eigenvalue weighted by molar-refractivity contribution is 6.32. The molecule has 1 heterocycles. The van der Waals surface area contributed by atoms with Crippen molar-refractivity contribution in [3.63, 3.8) is 0 Å². The Labute approximate surface area is 102 Å². The van der Waals surface area contributed by atoms with Crippen LogP contribution < -0.4 is 5.32 Å². The number of nitrogens with zero attached hydrogens (tertiary/aromatic N) is 2. The Morgan fingerprint density at radius 2 is 2.41 bits per heavy atom. The van der Waals surface area contributed by atoms with Gasteiger partial charge in [-0.2, -0.15) is 0 Å². The zero-order valence-corrected chi connectivity index (χ0v) is 9.61. The lowest BCUT2D eigenvalue weighted by molar-refractivity contribution is -0.385. The van der Waals surface area contributed by atoms with Gasteiger partial charge in [0, 0.05) is 12.7 Å². The molecule has 0 aliphatic carbocycles. The number of aromatic nitrogens is 1. The molecule has 1 N–H and O–H groups in total. The van der Waals surface area contributed by atoms with Crippen molar-refractivity contribution in [2.45, 2.75) is 6.42 Å². The van der Waals surface area contributed by atoms with Crippen molar-refractivity contribution in [2.24, 2.45) is 0 Å². The Balaban J connectivity index is 2.97. The third-order valence-electron chi connectivity index (χ3n) is 1.94. The van der Waals surface area contributed by atoms with Crippen molar-refractivity contribution >= 4 is 23.2 Å². The average molecular weight is 256 g/mol. The second-order valence-electron chi connectivity index (χ2n) is 3.09. The minimum atomic E-state index is -0.724. The number of carbonyl (C=O) groups is 1. The molecule has 7 heteroatoms. The summed E-state index contributed by atoms with van der Waals surface area (Å²) in [6.45, 7) is 3.86. The molecule has 0 aliphatic rings. The maximum atomic E-state index is 11.7. The largest absolute Gasteiger partial charge is 0.352 e. The van der Waals surface area contributed by atoms with E-state index in [2.05, 4.69) is 16.9 Å². The fourth-order valence-corrected chi connectivity index (χ4v) is 1.40. The van der Waals surface area contributed by atoms with Gasteiger partial charge in [0.05, 0.1) is 4.92 Å². The number of carbonyl (C=O) groups excluding carboxylic acids is 1. The summed E-state index contributed by atoms with van der Waals surface area (Å²) in [6.07, 6.45) is 3.46. The highest BCUT2D eigenvalue weighted by Gasteiger charge is 2.24. The lowest BCUT2D eigenvalue weighted by Crippen LogP contribution is -2.25. The lowest BCUT2D eigenvalue weighted by Gasteiger charge is -2.04. The summed E-state index contributed by atoms with van der Waals surface area (Å²) in [4.78, 5) is 25.3.